The fourth-order valence-corrected chi connectivity index (χ4v) is 4.26. The molecule has 2 aromatic carbocycles. The number of benzene rings is 2. The molecule has 2 N–H and O–H groups in total. The predicted octanol–water partition coefficient (Wildman–Crippen LogP) is 5.18. The highest BCUT2D eigenvalue weighted by atomic mass is 32.1. The number of carboxylic acid groups (broad SMARTS) is 1. The molecule has 0 radical (unpaired) electrons. The van der Waals surface area contributed by atoms with E-state index in [1.54, 1.807) is 23.6 Å². The van der Waals surface area contributed by atoms with Crippen LogP contribution in [0.5, 0.6) is 5.75 Å². The fraction of sp³-hybridized carbons (Fsp3) is 0.0870. The third-order valence-electron chi connectivity index (χ3n) is 4.59. The highest BCUT2D eigenvalue weighted by Crippen LogP contribution is 2.34. The van der Waals surface area contributed by atoms with Gasteiger partial charge in [0.05, 0.1) is 15.6 Å². The summed E-state index contributed by atoms with van der Waals surface area (Å²) in [6.07, 6.45) is 2.47. The molecule has 6 heteroatoms. The van der Waals surface area contributed by atoms with E-state index >= 15 is 0 Å². The number of hydrogen-bond donors (Lipinski definition) is 2. The predicted molar refractivity (Wildman–Crippen MR) is 113 cm³/mol. The number of carboxylic acids is 1. The zero-order valence-electron chi connectivity index (χ0n) is 15.7. The summed E-state index contributed by atoms with van der Waals surface area (Å²) in [6, 6.07) is 18.4. The van der Waals surface area contributed by atoms with Gasteiger partial charge in [-0.15, -0.1) is 11.3 Å². The van der Waals surface area contributed by atoms with Gasteiger partial charge in [-0.25, -0.2) is 9.78 Å². The second-order valence-corrected chi connectivity index (χ2v) is 7.72. The number of nitrogens with zero attached hydrogens (tertiary/aromatic N) is 2. The van der Waals surface area contributed by atoms with Gasteiger partial charge in [0.2, 0.25) is 0 Å². The minimum Gasteiger partial charge on any atom is -0.507 e. The number of aromatic nitrogens is 2. The number of aryl methyl sites for hydroxylation is 1. The molecule has 2 aromatic heterocycles. The molecule has 5 nitrogen and oxygen atoms in total. The number of hydrogen-bond acceptors (Lipinski definition) is 5. The van der Waals surface area contributed by atoms with Crippen molar-refractivity contribution in [3.63, 3.8) is 0 Å². The Morgan fingerprint density at radius 1 is 1.00 bits per heavy atom. The average molecular weight is 402 g/mol. The minimum absolute atomic E-state index is 0.109. The number of phenols is 1. The molecule has 0 aliphatic carbocycles. The normalized spacial score (nSPS) is 10.8. The second-order valence-electron chi connectivity index (χ2n) is 6.64. The first-order valence-corrected chi connectivity index (χ1v) is 9.86. The van der Waals surface area contributed by atoms with E-state index in [0.717, 1.165) is 38.0 Å². The van der Waals surface area contributed by atoms with Gasteiger partial charge in [-0.1, -0.05) is 30.3 Å². The van der Waals surface area contributed by atoms with Crippen LogP contribution >= 0.6 is 11.3 Å². The SMILES string of the molecule is Cc1nc(Cc2ccccn2)sc1-c1cccc(-c2ccc(C(=O)O)c(O)c2)c1. The number of carbonyl (C=O) groups is 1. The molecular weight excluding hydrogens is 384 g/mol. The minimum atomic E-state index is -1.15. The van der Waals surface area contributed by atoms with E-state index in [1.807, 2.05) is 49.4 Å². The molecule has 0 bridgehead atoms. The van der Waals surface area contributed by atoms with Gasteiger partial charge in [-0.05, 0) is 53.9 Å². The van der Waals surface area contributed by atoms with Crippen LogP contribution in [-0.4, -0.2) is 26.2 Å². The summed E-state index contributed by atoms with van der Waals surface area (Å²) in [4.78, 5) is 21.3. The Hall–Kier alpha value is -3.51. The van der Waals surface area contributed by atoms with Crippen molar-refractivity contribution < 1.29 is 15.0 Å². The van der Waals surface area contributed by atoms with E-state index < -0.39 is 5.97 Å². The first-order chi connectivity index (χ1) is 14.0. The van der Waals surface area contributed by atoms with E-state index in [4.69, 9.17) is 10.1 Å². The quantitative estimate of drug-likeness (QED) is 0.481. The summed E-state index contributed by atoms with van der Waals surface area (Å²) in [5.74, 6) is -1.39. The lowest BCUT2D eigenvalue weighted by molar-refractivity contribution is 0.0694. The molecule has 0 saturated heterocycles. The molecule has 4 aromatic rings. The zero-order valence-corrected chi connectivity index (χ0v) is 16.5. The summed E-state index contributed by atoms with van der Waals surface area (Å²) in [5.41, 5.74) is 4.52. The maximum absolute atomic E-state index is 11.1. The largest absolute Gasteiger partial charge is 0.507 e. The molecule has 0 unspecified atom stereocenters. The molecule has 0 aliphatic rings. The molecule has 0 amide bonds. The number of thiazole rings is 1. The van der Waals surface area contributed by atoms with Gasteiger partial charge in [0.15, 0.2) is 0 Å². The topological polar surface area (TPSA) is 83.3 Å². The van der Waals surface area contributed by atoms with Crippen molar-refractivity contribution in [3.05, 3.63) is 88.8 Å². The standard InChI is InChI=1S/C23H18N2O3S/c1-14-22(29-21(25-14)13-18-7-2-3-10-24-18)17-6-4-5-15(11-17)16-8-9-19(23(27)28)20(26)12-16/h2-12,26H,13H2,1H3,(H,27,28). The average Bonchev–Trinajstić information content (AvgIpc) is 3.08. The van der Waals surface area contributed by atoms with Crippen LogP contribution in [0.1, 0.15) is 26.8 Å². The maximum atomic E-state index is 11.1. The number of aromatic hydroxyl groups is 1. The number of pyridine rings is 1. The van der Waals surface area contributed by atoms with Crippen LogP contribution in [0, 0.1) is 6.92 Å². The lowest BCUT2D eigenvalue weighted by Gasteiger charge is -2.07. The third-order valence-corrected chi connectivity index (χ3v) is 5.79. The van der Waals surface area contributed by atoms with Gasteiger partial charge < -0.3 is 10.2 Å². The van der Waals surface area contributed by atoms with E-state index in [0.29, 0.717) is 6.42 Å². The molecule has 0 atom stereocenters. The van der Waals surface area contributed by atoms with Crippen LogP contribution in [0.3, 0.4) is 0 Å². The molecule has 29 heavy (non-hydrogen) atoms. The van der Waals surface area contributed by atoms with Crippen LogP contribution in [0.25, 0.3) is 21.6 Å². The van der Waals surface area contributed by atoms with Gasteiger partial charge in [-0.3, -0.25) is 4.98 Å². The second kappa shape index (κ2) is 7.85. The van der Waals surface area contributed by atoms with Gasteiger partial charge in [0.1, 0.15) is 11.3 Å². The first kappa shape index (κ1) is 18.8. The summed E-state index contributed by atoms with van der Waals surface area (Å²) >= 11 is 1.64. The lowest BCUT2D eigenvalue weighted by atomic mass is 10.0. The number of rotatable bonds is 5. The van der Waals surface area contributed by atoms with Crippen molar-refractivity contribution in [1.29, 1.82) is 0 Å². The smallest absolute Gasteiger partial charge is 0.339 e. The summed E-state index contributed by atoms with van der Waals surface area (Å²) in [7, 11) is 0. The Balaban J connectivity index is 1.66. The lowest BCUT2D eigenvalue weighted by Crippen LogP contribution is -1.96. The van der Waals surface area contributed by atoms with Crippen LogP contribution in [-0.2, 0) is 6.42 Å². The van der Waals surface area contributed by atoms with E-state index in [-0.39, 0.29) is 11.3 Å². The van der Waals surface area contributed by atoms with Crippen molar-refractivity contribution in [3.8, 4) is 27.3 Å². The third kappa shape index (κ3) is 4.02. The summed E-state index contributed by atoms with van der Waals surface area (Å²) < 4.78 is 0. The number of aromatic carboxylic acids is 1. The molecule has 0 aliphatic heterocycles. The van der Waals surface area contributed by atoms with Gasteiger partial charge in [0.25, 0.3) is 0 Å². The van der Waals surface area contributed by atoms with Crippen LogP contribution < -0.4 is 0 Å². The Morgan fingerprint density at radius 2 is 1.79 bits per heavy atom. The van der Waals surface area contributed by atoms with Gasteiger partial charge >= 0.3 is 5.97 Å². The van der Waals surface area contributed by atoms with Crippen LogP contribution in [0.4, 0.5) is 0 Å². The van der Waals surface area contributed by atoms with Crippen molar-refractivity contribution in [1.82, 2.24) is 9.97 Å². The van der Waals surface area contributed by atoms with Crippen LogP contribution in [0.2, 0.25) is 0 Å². The Kier molecular flexibility index (Phi) is 5.10. The molecular formula is C23H18N2O3S. The Bertz CT molecular complexity index is 1190. The summed E-state index contributed by atoms with van der Waals surface area (Å²) in [6.45, 7) is 1.99. The van der Waals surface area contributed by atoms with E-state index in [9.17, 15) is 9.90 Å². The van der Waals surface area contributed by atoms with Crippen molar-refractivity contribution in [2.75, 3.05) is 0 Å². The maximum Gasteiger partial charge on any atom is 0.339 e. The molecule has 0 fully saturated rings. The van der Waals surface area contributed by atoms with Crippen molar-refractivity contribution in [2.24, 2.45) is 0 Å². The molecule has 2 heterocycles. The van der Waals surface area contributed by atoms with E-state index in [1.165, 1.54) is 12.1 Å². The van der Waals surface area contributed by atoms with E-state index in [2.05, 4.69) is 4.98 Å². The molecule has 4 rings (SSSR count). The Morgan fingerprint density at radius 3 is 2.52 bits per heavy atom. The highest BCUT2D eigenvalue weighted by Gasteiger charge is 2.13. The Labute approximate surface area is 172 Å². The molecule has 0 spiro atoms. The first-order valence-electron chi connectivity index (χ1n) is 9.04. The van der Waals surface area contributed by atoms with Crippen molar-refractivity contribution in [2.45, 2.75) is 13.3 Å². The van der Waals surface area contributed by atoms with Gasteiger partial charge in [0, 0.05) is 18.3 Å². The zero-order chi connectivity index (χ0) is 20.4. The fourth-order valence-electron chi connectivity index (χ4n) is 3.19. The highest BCUT2D eigenvalue weighted by molar-refractivity contribution is 7.15. The molecule has 144 valence electrons. The summed E-state index contributed by atoms with van der Waals surface area (Å²) in [5, 5.41) is 20.1. The monoisotopic (exact) mass is 402 g/mol. The van der Waals surface area contributed by atoms with Gasteiger partial charge in [-0.2, -0.15) is 0 Å². The van der Waals surface area contributed by atoms with Crippen molar-refractivity contribution >= 4 is 17.3 Å². The van der Waals surface area contributed by atoms with Crippen LogP contribution in [0.15, 0.2) is 66.9 Å². The molecule has 0 saturated carbocycles.